The van der Waals surface area contributed by atoms with Crippen LogP contribution >= 0.6 is 0 Å². The van der Waals surface area contributed by atoms with Crippen LogP contribution in [0.4, 0.5) is 17.1 Å². The fourth-order valence-electron chi connectivity index (χ4n) is 8.60. The van der Waals surface area contributed by atoms with Gasteiger partial charge in [-0.1, -0.05) is 172 Å². The Morgan fingerprint density at radius 3 is 1.57 bits per heavy atom. The third-order valence-corrected chi connectivity index (χ3v) is 11.5. The van der Waals surface area contributed by atoms with E-state index in [1.54, 1.807) is 0 Å². The van der Waals surface area contributed by atoms with Crippen LogP contribution in [0.25, 0.3) is 71.6 Å². The quantitative estimate of drug-likeness (QED) is 0.158. The van der Waals surface area contributed by atoms with E-state index in [-0.39, 0.29) is 5.41 Å². The Hall–Kier alpha value is -7.16. The molecule has 0 atom stereocenters. The highest BCUT2D eigenvalue weighted by molar-refractivity contribution is 6.10. The van der Waals surface area contributed by atoms with Gasteiger partial charge in [0.15, 0.2) is 0 Å². The number of para-hydroxylation sites is 1. The van der Waals surface area contributed by atoms with Crippen molar-refractivity contribution in [2.75, 3.05) is 4.90 Å². The van der Waals surface area contributed by atoms with Gasteiger partial charge < -0.3 is 9.47 Å². The summed E-state index contributed by atoms with van der Waals surface area (Å²) in [5.74, 6) is 0. The summed E-state index contributed by atoms with van der Waals surface area (Å²) < 4.78 is 2.42. The largest absolute Gasteiger partial charge is 0.310 e. The van der Waals surface area contributed by atoms with Crippen LogP contribution in [0.15, 0.2) is 212 Å². The molecule has 2 heteroatoms. The zero-order valence-corrected chi connectivity index (χ0v) is 33.1. The molecule has 0 aliphatic rings. The van der Waals surface area contributed by atoms with Gasteiger partial charge in [-0.2, -0.15) is 0 Å². The molecule has 1 heterocycles. The third-order valence-electron chi connectivity index (χ3n) is 11.5. The van der Waals surface area contributed by atoms with Gasteiger partial charge in [0.1, 0.15) is 0 Å². The Balaban J connectivity index is 1.11. The van der Waals surface area contributed by atoms with Gasteiger partial charge in [-0.15, -0.1) is 0 Å². The number of benzene rings is 9. The monoisotopic (exact) mass is 744 g/mol. The predicted molar refractivity (Wildman–Crippen MR) is 248 cm³/mol. The van der Waals surface area contributed by atoms with E-state index in [0.29, 0.717) is 0 Å². The first kappa shape index (κ1) is 35.3. The van der Waals surface area contributed by atoms with Crippen LogP contribution in [0.1, 0.15) is 26.3 Å². The second-order valence-electron chi connectivity index (χ2n) is 16.2. The fraction of sp³-hybridized carbons (Fsp3) is 0.0714. The molecule has 0 aliphatic carbocycles. The highest BCUT2D eigenvalue weighted by atomic mass is 15.1. The molecular weight excluding hydrogens is 701 g/mol. The van der Waals surface area contributed by atoms with Crippen LogP contribution in [0.5, 0.6) is 0 Å². The zero-order valence-electron chi connectivity index (χ0n) is 33.1. The maximum Gasteiger partial charge on any atom is 0.0541 e. The summed E-state index contributed by atoms with van der Waals surface area (Å²) in [5, 5.41) is 5.05. The van der Waals surface area contributed by atoms with Crippen molar-refractivity contribution in [2.24, 2.45) is 0 Å². The van der Waals surface area contributed by atoms with Crippen molar-refractivity contribution in [1.82, 2.24) is 4.57 Å². The van der Waals surface area contributed by atoms with Gasteiger partial charge >= 0.3 is 0 Å². The number of hydrogen-bond donors (Lipinski definition) is 0. The van der Waals surface area contributed by atoms with Gasteiger partial charge in [0.05, 0.1) is 11.0 Å². The lowest BCUT2D eigenvalue weighted by atomic mass is 9.86. The summed E-state index contributed by atoms with van der Waals surface area (Å²) in [6, 6.07) is 77.4. The Bertz CT molecular complexity index is 3050. The van der Waals surface area contributed by atoms with E-state index in [1.165, 1.54) is 71.5 Å². The summed E-state index contributed by atoms with van der Waals surface area (Å²) in [7, 11) is 0. The zero-order chi connectivity index (χ0) is 39.2. The third kappa shape index (κ3) is 6.33. The second-order valence-corrected chi connectivity index (χ2v) is 16.2. The summed E-state index contributed by atoms with van der Waals surface area (Å²) in [5.41, 5.74) is 15.5. The number of hydrogen-bond acceptors (Lipinski definition) is 1. The summed E-state index contributed by atoms with van der Waals surface area (Å²) in [4.78, 5) is 2.38. The minimum atomic E-state index is 0.0568. The van der Waals surface area contributed by atoms with Gasteiger partial charge in [0.2, 0.25) is 0 Å². The van der Waals surface area contributed by atoms with Crippen molar-refractivity contribution in [3.8, 4) is 39.1 Å². The number of nitrogens with zero attached hydrogens (tertiary/aromatic N) is 2. The van der Waals surface area contributed by atoms with E-state index >= 15 is 0 Å². The standard InChI is InChI=1S/C56H44N2/c1-56(2,3)44-31-36-54-52(37-44)51-23-10-11-26-53(51)58(54)48-22-14-21-47(38-48)57(45-32-27-40(28-33-45)39-15-6-4-7-16-39)46-34-29-42(30-35-46)50-25-13-20-43-19-12-24-49(55(43)50)41-17-8-5-9-18-41/h4-38H,1-3H3. The average Bonchev–Trinajstić information content (AvgIpc) is 3.61. The van der Waals surface area contributed by atoms with Crippen molar-refractivity contribution in [1.29, 1.82) is 0 Å². The van der Waals surface area contributed by atoms with Crippen molar-refractivity contribution < 1.29 is 0 Å². The molecule has 2 nitrogen and oxygen atoms in total. The minimum Gasteiger partial charge on any atom is -0.310 e. The molecule has 58 heavy (non-hydrogen) atoms. The lowest BCUT2D eigenvalue weighted by Gasteiger charge is -2.27. The highest BCUT2D eigenvalue weighted by Crippen LogP contribution is 2.42. The molecule has 0 amide bonds. The van der Waals surface area contributed by atoms with Crippen molar-refractivity contribution >= 4 is 49.6 Å². The molecule has 0 saturated carbocycles. The molecule has 1 aromatic heterocycles. The van der Waals surface area contributed by atoms with Crippen LogP contribution in [0.3, 0.4) is 0 Å². The van der Waals surface area contributed by atoms with Gasteiger partial charge in [-0.25, -0.2) is 0 Å². The maximum atomic E-state index is 2.42. The van der Waals surface area contributed by atoms with Crippen LogP contribution < -0.4 is 4.90 Å². The van der Waals surface area contributed by atoms with Crippen LogP contribution in [-0.2, 0) is 5.41 Å². The summed E-state index contributed by atoms with van der Waals surface area (Å²) in [6.45, 7) is 6.86. The molecule has 10 rings (SSSR count). The van der Waals surface area contributed by atoms with Gasteiger partial charge in [0, 0.05) is 33.5 Å². The predicted octanol–water partition coefficient (Wildman–Crippen LogP) is 15.7. The van der Waals surface area contributed by atoms with E-state index in [2.05, 4.69) is 243 Å². The van der Waals surface area contributed by atoms with E-state index in [9.17, 15) is 0 Å². The summed E-state index contributed by atoms with van der Waals surface area (Å²) >= 11 is 0. The number of fused-ring (bicyclic) bond motifs is 4. The molecular formula is C56H44N2. The SMILES string of the molecule is CC(C)(C)c1ccc2c(c1)c1ccccc1n2-c1cccc(N(c2ccc(-c3ccccc3)cc2)c2ccc(-c3cccc4cccc(-c5ccccc5)c34)cc2)c1. The fourth-order valence-corrected chi connectivity index (χ4v) is 8.60. The van der Waals surface area contributed by atoms with E-state index in [0.717, 1.165) is 22.7 Å². The Morgan fingerprint density at radius 2 is 0.914 bits per heavy atom. The topological polar surface area (TPSA) is 8.17 Å². The molecule has 0 N–H and O–H groups in total. The first-order valence-corrected chi connectivity index (χ1v) is 20.2. The molecule has 10 aromatic rings. The number of anilines is 3. The van der Waals surface area contributed by atoms with Gasteiger partial charge in [0.25, 0.3) is 0 Å². The summed E-state index contributed by atoms with van der Waals surface area (Å²) in [6.07, 6.45) is 0. The Labute approximate surface area is 340 Å². The van der Waals surface area contributed by atoms with Crippen LogP contribution in [0, 0.1) is 0 Å². The number of rotatable bonds is 7. The smallest absolute Gasteiger partial charge is 0.0541 e. The second kappa shape index (κ2) is 14.4. The van der Waals surface area contributed by atoms with E-state index in [4.69, 9.17) is 0 Å². The molecule has 0 spiro atoms. The first-order chi connectivity index (χ1) is 28.4. The molecule has 0 radical (unpaired) electrons. The average molecular weight is 745 g/mol. The Morgan fingerprint density at radius 1 is 0.379 bits per heavy atom. The Kier molecular flexibility index (Phi) is 8.76. The first-order valence-electron chi connectivity index (χ1n) is 20.2. The maximum absolute atomic E-state index is 2.42. The molecule has 0 fully saturated rings. The van der Waals surface area contributed by atoms with Crippen molar-refractivity contribution in [3.63, 3.8) is 0 Å². The molecule has 9 aromatic carbocycles. The van der Waals surface area contributed by atoms with E-state index in [1.807, 2.05) is 0 Å². The molecule has 0 saturated heterocycles. The molecule has 0 bridgehead atoms. The highest BCUT2D eigenvalue weighted by Gasteiger charge is 2.20. The van der Waals surface area contributed by atoms with Gasteiger partial charge in [-0.05, 0) is 116 Å². The minimum absolute atomic E-state index is 0.0568. The van der Waals surface area contributed by atoms with E-state index < -0.39 is 0 Å². The van der Waals surface area contributed by atoms with Gasteiger partial charge in [-0.3, -0.25) is 0 Å². The lowest BCUT2D eigenvalue weighted by Crippen LogP contribution is -2.11. The molecule has 278 valence electrons. The molecule has 0 unspecified atom stereocenters. The normalized spacial score (nSPS) is 11.7. The number of aromatic nitrogens is 1. The lowest BCUT2D eigenvalue weighted by molar-refractivity contribution is 0.591. The molecule has 0 aliphatic heterocycles. The van der Waals surface area contributed by atoms with Crippen LogP contribution in [0.2, 0.25) is 0 Å². The van der Waals surface area contributed by atoms with Crippen molar-refractivity contribution in [3.05, 3.63) is 218 Å². The van der Waals surface area contributed by atoms with Crippen LogP contribution in [-0.4, -0.2) is 4.57 Å². The van der Waals surface area contributed by atoms with Crippen molar-refractivity contribution in [2.45, 2.75) is 26.2 Å².